The maximum absolute atomic E-state index is 13.1. The lowest BCUT2D eigenvalue weighted by atomic mass is 9.98. The summed E-state index contributed by atoms with van der Waals surface area (Å²) in [5.74, 6) is -3.22. The number of carboxylic acids is 1. The average Bonchev–Trinajstić information content (AvgIpc) is 3.39. The predicted octanol–water partition coefficient (Wildman–Crippen LogP) is 14.7. The zero-order chi connectivity index (χ0) is 54.7. The molecule has 12 nitrogen and oxygen atoms in total. The number of hydrogen-bond acceptors (Lipinski definition) is 11. The fraction of sp³-hybridized carbons (Fsp3) is 0.651. The van der Waals surface area contributed by atoms with Gasteiger partial charge in [-0.3, -0.25) is 14.4 Å². The lowest BCUT2D eigenvalue weighted by molar-refractivity contribution is -0.301. The van der Waals surface area contributed by atoms with E-state index >= 15 is 0 Å². The molecule has 1 fully saturated rings. The van der Waals surface area contributed by atoms with E-state index in [2.05, 4.69) is 130 Å². The van der Waals surface area contributed by atoms with Gasteiger partial charge in [0.05, 0.1) is 6.61 Å². The van der Waals surface area contributed by atoms with E-state index in [0.29, 0.717) is 25.7 Å². The van der Waals surface area contributed by atoms with Gasteiger partial charge in [0.2, 0.25) is 0 Å². The molecule has 424 valence electrons. The van der Waals surface area contributed by atoms with Crippen molar-refractivity contribution in [3.63, 3.8) is 0 Å². The fourth-order valence-electron chi connectivity index (χ4n) is 7.94. The van der Waals surface area contributed by atoms with Crippen molar-refractivity contribution < 1.29 is 58.2 Å². The maximum Gasteiger partial charge on any atom is 0.335 e. The van der Waals surface area contributed by atoms with Crippen molar-refractivity contribution in [1.29, 1.82) is 0 Å². The summed E-state index contributed by atoms with van der Waals surface area (Å²) in [4.78, 5) is 51.1. The lowest BCUT2D eigenvalue weighted by Crippen LogP contribution is -2.61. The van der Waals surface area contributed by atoms with Crippen molar-refractivity contribution in [2.75, 3.05) is 13.2 Å². The van der Waals surface area contributed by atoms with Crippen LogP contribution in [0, 0.1) is 0 Å². The molecule has 6 atom stereocenters. The number of aliphatic hydroxyl groups is 2. The molecule has 12 heteroatoms. The summed E-state index contributed by atoms with van der Waals surface area (Å²) in [6.45, 7) is 5.65. The number of carbonyl (C=O) groups is 4. The lowest BCUT2D eigenvalue weighted by Gasteiger charge is -2.40. The second-order valence-corrected chi connectivity index (χ2v) is 19.2. The van der Waals surface area contributed by atoms with Crippen LogP contribution in [0.15, 0.2) is 109 Å². The first-order valence-electron chi connectivity index (χ1n) is 28.9. The molecule has 3 N–H and O–H groups in total. The first-order chi connectivity index (χ1) is 36.6. The van der Waals surface area contributed by atoms with Gasteiger partial charge in [-0.15, -0.1) is 0 Å². The first-order valence-corrected chi connectivity index (χ1v) is 28.9. The summed E-state index contributed by atoms with van der Waals surface area (Å²) < 4.78 is 28.3. The second kappa shape index (κ2) is 50.2. The Labute approximate surface area is 453 Å². The van der Waals surface area contributed by atoms with Crippen molar-refractivity contribution >= 4 is 23.9 Å². The highest BCUT2D eigenvalue weighted by Crippen LogP contribution is 2.26. The molecule has 6 unspecified atom stereocenters. The largest absolute Gasteiger partial charge is 0.479 e. The van der Waals surface area contributed by atoms with E-state index in [1.807, 2.05) is 0 Å². The van der Waals surface area contributed by atoms with E-state index in [9.17, 15) is 34.5 Å². The van der Waals surface area contributed by atoms with Crippen LogP contribution in [0.4, 0.5) is 0 Å². The molecular formula is C63H100O12. The number of carbonyl (C=O) groups excluding carboxylic acids is 3. The number of esters is 3. The Morgan fingerprint density at radius 2 is 0.840 bits per heavy atom. The molecule has 1 aliphatic heterocycles. The summed E-state index contributed by atoms with van der Waals surface area (Å²) in [6.07, 6.45) is 54.9. The highest BCUT2D eigenvalue weighted by Gasteiger charge is 2.50. The third-order valence-electron chi connectivity index (χ3n) is 12.3. The van der Waals surface area contributed by atoms with Crippen molar-refractivity contribution in [2.45, 2.75) is 250 Å². The molecule has 75 heavy (non-hydrogen) atoms. The maximum atomic E-state index is 13.1. The number of aliphatic hydroxyl groups excluding tert-OH is 2. The molecule has 0 aromatic rings. The molecule has 1 heterocycles. The topological polar surface area (TPSA) is 175 Å². The summed E-state index contributed by atoms with van der Waals surface area (Å²) >= 11 is 0. The summed E-state index contributed by atoms with van der Waals surface area (Å²) in [5.41, 5.74) is 0. The van der Waals surface area contributed by atoms with Crippen LogP contribution < -0.4 is 0 Å². The van der Waals surface area contributed by atoms with Crippen LogP contribution in [0.3, 0.4) is 0 Å². The van der Waals surface area contributed by atoms with Crippen LogP contribution in [0.1, 0.15) is 213 Å². The number of carboxylic acid groups (broad SMARTS) is 1. The van der Waals surface area contributed by atoms with E-state index < -0.39 is 67.3 Å². The third kappa shape index (κ3) is 40.3. The van der Waals surface area contributed by atoms with Crippen molar-refractivity contribution in [3.05, 3.63) is 109 Å². The summed E-state index contributed by atoms with van der Waals surface area (Å²) in [6, 6.07) is 0. The van der Waals surface area contributed by atoms with Gasteiger partial charge in [-0.1, -0.05) is 188 Å². The standard InChI is InChI=1S/C63H100O12/c1-4-7-10-13-16-19-22-25-27-28-30-32-34-37-40-43-46-49-55(64)71-52-54(73-56(65)50-47-44-41-38-35-31-24-21-18-15-12-9-6-3)53-72-63-61(59(68)58(67)60(75-63)62(69)70)74-57(66)51-48-45-42-39-36-33-29-26-23-20-17-14-11-8-5-2/h7-8,10-12,15-17,19-21,24-27,29,36,39,54,58-61,63,67-68H,4-6,9,13-14,18,22-23,28,30-35,37-38,40-53H2,1-3H3,(H,69,70)/b10-7-,11-8-,15-12-,19-16-,20-17-,24-21-,27-25-,29-26-,39-36-. The fourth-order valence-corrected chi connectivity index (χ4v) is 7.94. The quantitative estimate of drug-likeness (QED) is 0.0228. The van der Waals surface area contributed by atoms with Gasteiger partial charge in [0.1, 0.15) is 18.8 Å². The zero-order valence-corrected chi connectivity index (χ0v) is 46.5. The normalized spacial score (nSPS) is 19.0. The van der Waals surface area contributed by atoms with Gasteiger partial charge in [0.15, 0.2) is 24.6 Å². The molecular weight excluding hydrogens is 949 g/mol. The highest BCUT2D eigenvalue weighted by molar-refractivity contribution is 5.74. The van der Waals surface area contributed by atoms with Crippen molar-refractivity contribution in [1.82, 2.24) is 0 Å². The Kier molecular flexibility index (Phi) is 45.8. The van der Waals surface area contributed by atoms with E-state index in [0.717, 1.165) is 141 Å². The summed E-state index contributed by atoms with van der Waals surface area (Å²) in [7, 11) is 0. The third-order valence-corrected chi connectivity index (χ3v) is 12.3. The molecule has 0 radical (unpaired) electrons. The Morgan fingerprint density at radius 3 is 1.31 bits per heavy atom. The number of ether oxygens (including phenoxy) is 5. The van der Waals surface area contributed by atoms with Gasteiger partial charge in [0.25, 0.3) is 0 Å². The SMILES string of the molecule is CC/C=C\C/C=C\C/C=C\C/C=C\CCCCC(=O)OC1C(OCC(COC(=O)CCCCCCCCC/C=C\C/C=C\C/C=C\CC)OC(=O)CCCCCCC/C=C\C/C=C\CCC)OC(C(=O)O)C(O)C1O. The average molecular weight is 1050 g/mol. The van der Waals surface area contributed by atoms with Crippen LogP contribution in [-0.2, 0) is 42.9 Å². The molecule has 0 aromatic carbocycles. The molecule has 1 saturated heterocycles. The van der Waals surface area contributed by atoms with E-state index in [-0.39, 0.29) is 25.9 Å². The number of hydrogen-bond donors (Lipinski definition) is 3. The number of rotatable bonds is 47. The first kappa shape index (κ1) is 68.4. The van der Waals surface area contributed by atoms with Gasteiger partial charge in [0, 0.05) is 19.3 Å². The van der Waals surface area contributed by atoms with E-state index in [4.69, 9.17) is 23.7 Å². The van der Waals surface area contributed by atoms with Gasteiger partial charge in [-0.2, -0.15) is 0 Å². The molecule has 0 saturated carbocycles. The second-order valence-electron chi connectivity index (χ2n) is 19.2. The highest BCUT2D eigenvalue weighted by atomic mass is 16.7. The minimum Gasteiger partial charge on any atom is -0.479 e. The Bertz CT molecular complexity index is 1720. The Morgan fingerprint density at radius 1 is 0.453 bits per heavy atom. The Balaban J connectivity index is 2.74. The van der Waals surface area contributed by atoms with Crippen molar-refractivity contribution in [2.24, 2.45) is 0 Å². The van der Waals surface area contributed by atoms with E-state index in [1.54, 1.807) is 0 Å². The van der Waals surface area contributed by atoms with Crippen LogP contribution in [0.25, 0.3) is 0 Å². The molecule has 0 bridgehead atoms. The minimum absolute atomic E-state index is 0.000401. The smallest absolute Gasteiger partial charge is 0.335 e. The predicted molar refractivity (Wildman–Crippen MR) is 303 cm³/mol. The zero-order valence-electron chi connectivity index (χ0n) is 46.5. The van der Waals surface area contributed by atoms with Crippen LogP contribution in [0.2, 0.25) is 0 Å². The minimum atomic E-state index is -1.93. The monoisotopic (exact) mass is 1050 g/mol. The van der Waals surface area contributed by atoms with Crippen LogP contribution in [0.5, 0.6) is 0 Å². The molecule has 0 aromatic heterocycles. The van der Waals surface area contributed by atoms with Gasteiger partial charge >= 0.3 is 23.9 Å². The molecule has 0 spiro atoms. The summed E-state index contributed by atoms with van der Waals surface area (Å²) in [5, 5.41) is 31.4. The molecule has 1 rings (SSSR count). The molecule has 1 aliphatic rings. The van der Waals surface area contributed by atoms with E-state index in [1.165, 1.54) is 6.42 Å². The van der Waals surface area contributed by atoms with Gasteiger partial charge < -0.3 is 39.0 Å². The van der Waals surface area contributed by atoms with Crippen LogP contribution in [-0.4, -0.2) is 89.2 Å². The number of unbranched alkanes of at least 4 members (excludes halogenated alkanes) is 15. The number of allylic oxidation sites excluding steroid dienone is 18. The molecule has 0 amide bonds. The van der Waals surface area contributed by atoms with Gasteiger partial charge in [-0.25, -0.2) is 4.79 Å². The molecule has 0 aliphatic carbocycles. The van der Waals surface area contributed by atoms with Gasteiger partial charge in [-0.05, 0) is 116 Å². The van der Waals surface area contributed by atoms with Crippen LogP contribution >= 0.6 is 0 Å². The number of aliphatic carboxylic acids is 1. The van der Waals surface area contributed by atoms with Crippen molar-refractivity contribution in [3.8, 4) is 0 Å². The Hall–Kier alpha value is -4.62.